The fourth-order valence-corrected chi connectivity index (χ4v) is 2.84. The van der Waals surface area contributed by atoms with Crippen LogP contribution in [0.25, 0.3) is 17.4 Å². The molecule has 1 heterocycles. The van der Waals surface area contributed by atoms with Gasteiger partial charge in [0.15, 0.2) is 0 Å². The molecule has 1 aromatic heterocycles. The molecule has 0 aliphatic heterocycles. The molecule has 0 aliphatic carbocycles. The number of nitriles is 1. The van der Waals surface area contributed by atoms with Crippen LogP contribution in [0.2, 0.25) is 5.02 Å². The highest BCUT2D eigenvalue weighted by molar-refractivity contribution is 6.34. The number of rotatable bonds is 5. The van der Waals surface area contributed by atoms with E-state index in [2.05, 4.69) is 5.32 Å². The lowest BCUT2D eigenvalue weighted by Crippen LogP contribution is -2.13. The largest absolute Gasteiger partial charge is 0.457 e. The number of amides is 1. The number of aryl methyl sites for hydroxylation is 1. The quantitative estimate of drug-likeness (QED) is 0.265. The maximum absolute atomic E-state index is 12.4. The Morgan fingerprint density at radius 3 is 2.66 bits per heavy atom. The second-order valence-corrected chi connectivity index (χ2v) is 6.47. The SMILES string of the molecule is Cc1cc([N+](=O)[O-])ccc1-c1ccc(/C=C(\C#N)C(=O)Nc2ccccc2Cl)o1. The van der Waals surface area contributed by atoms with Crippen molar-refractivity contribution in [2.24, 2.45) is 0 Å². The van der Waals surface area contributed by atoms with Crippen LogP contribution in [0.5, 0.6) is 0 Å². The minimum atomic E-state index is -0.620. The van der Waals surface area contributed by atoms with Gasteiger partial charge in [-0.15, -0.1) is 0 Å². The van der Waals surface area contributed by atoms with E-state index in [-0.39, 0.29) is 11.3 Å². The van der Waals surface area contributed by atoms with Gasteiger partial charge in [-0.05, 0) is 42.8 Å². The number of halogens is 1. The van der Waals surface area contributed by atoms with E-state index >= 15 is 0 Å². The third kappa shape index (κ3) is 4.51. The molecule has 0 saturated carbocycles. The van der Waals surface area contributed by atoms with Gasteiger partial charge in [0.2, 0.25) is 0 Å². The summed E-state index contributed by atoms with van der Waals surface area (Å²) in [6, 6.07) is 16.2. The number of benzene rings is 2. The number of para-hydroxylation sites is 1. The number of non-ortho nitro benzene ring substituents is 1. The van der Waals surface area contributed by atoms with Gasteiger partial charge in [-0.25, -0.2) is 0 Å². The highest BCUT2D eigenvalue weighted by Gasteiger charge is 2.14. The standard InChI is InChI=1S/C21H14ClN3O4/c1-13-10-15(25(27)28)6-8-17(13)20-9-7-16(29-20)11-14(12-23)21(26)24-19-5-3-2-4-18(19)22/h2-11H,1H3,(H,24,26)/b14-11+. The van der Waals surface area contributed by atoms with Crippen molar-refractivity contribution in [3.05, 3.63) is 86.6 Å². The molecule has 7 nitrogen and oxygen atoms in total. The number of carbonyl (C=O) groups is 1. The summed E-state index contributed by atoms with van der Waals surface area (Å²) in [4.78, 5) is 22.8. The lowest BCUT2D eigenvalue weighted by atomic mass is 10.1. The summed E-state index contributed by atoms with van der Waals surface area (Å²) in [5.41, 5.74) is 1.56. The smallest absolute Gasteiger partial charge is 0.269 e. The lowest BCUT2D eigenvalue weighted by molar-refractivity contribution is -0.384. The van der Waals surface area contributed by atoms with Crippen LogP contribution >= 0.6 is 11.6 Å². The van der Waals surface area contributed by atoms with Crippen molar-refractivity contribution in [2.45, 2.75) is 6.92 Å². The fourth-order valence-electron chi connectivity index (χ4n) is 2.66. The van der Waals surface area contributed by atoms with E-state index in [0.29, 0.717) is 33.4 Å². The van der Waals surface area contributed by atoms with E-state index < -0.39 is 10.8 Å². The minimum absolute atomic E-state index is 0.0130. The number of hydrogen-bond acceptors (Lipinski definition) is 5. The molecule has 0 atom stereocenters. The fraction of sp³-hybridized carbons (Fsp3) is 0.0476. The topological polar surface area (TPSA) is 109 Å². The van der Waals surface area contributed by atoms with Crippen LogP contribution in [0, 0.1) is 28.4 Å². The molecule has 0 unspecified atom stereocenters. The number of nitrogens with zero attached hydrogens (tertiary/aromatic N) is 2. The van der Waals surface area contributed by atoms with Gasteiger partial charge in [0.1, 0.15) is 23.2 Å². The first-order valence-corrected chi connectivity index (χ1v) is 8.80. The zero-order valence-electron chi connectivity index (χ0n) is 15.2. The van der Waals surface area contributed by atoms with Crippen LogP contribution in [-0.4, -0.2) is 10.8 Å². The summed E-state index contributed by atoms with van der Waals surface area (Å²) in [6.07, 6.45) is 1.32. The summed E-state index contributed by atoms with van der Waals surface area (Å²) in [5, 5.41) is 23.1. The first kappa shape index (κ1) is 19.9. The molecule has 1 N–H and O–H groups in total. The Bertz CT molecular complexity index is 1170. The molecule has 3 rings (SSSR count). The van der Waals surface area contributed by atoms with E-state index in [4.69, 9.17) is 16.0 Å². The predicted molar refractivity (Wildman–Crippen MR) is 109 cm³/mol. The van der Waals surface area contributed by atoms with E-state index in [1.54, 1.807) is 49.4 Å². The van der Waals surface area contributed by atoms with Crippen molar-refractivity contribution >= 4 is 35.0 Å². The number of nitro benzene ring substituents is 1. The third-order valence-electron chi connectivity index (χ3n) is 4.09. The Kier molecular flexibility index (Phi) is 5.77. The van der Waals surface area contributed by atoms with Gasteiger partial charge in [0, 0.05) is 23.8 Å². The van der Waals surface area contributed by atoms with Gasteiger partial charge in [-0.1, -0.05) is 23.7 Å². The van der Waals surface area contributed by atoms with Gasteiger partial charge in [0.25, 0.3) is 11.6 Å². The van der Waals surface area contributed by atoms with Crippen molar-refractivity contribution in [2.75, 3.05) is 5.32 Å². The van der Waals surface area contributed by atoms with Gasteiger partial charge >= 0.3 is 0 Å². The number of nitrogens with one attached hydrogen (secondary N) is 1. The van der Waals surface area contributed by atoms with Crippen molar-refractivity contribution in [3.63, 3.8) is 0 Å². The molecule has 0 spiro atoms. The van der Waals surface area contributed by atoms with Crippen LogP contribution in [0.3, 0.4) is 0 Å². The Hall–Kier alpha value is -3.89. The summed E-state index contributed by atoms with van der Waals surface area (Å²) < 4.78 is 5.70. The minimum Gasteiger partial charge on any atom is -0.457 e. The van der Waals surface area contributed by atoms with Crippen LogP contribution < -0.4 is 5.32 Å². The number of anilines is 1. The second-order valence-electron chi connectivity index (χ2n) is 6.06. The van der Waals surface area contributed by atoms with E-state index in [1.807, 2.05) is 6.07 Å². The van der Waals surface area contributed by atoms with Crippen molar-refractivity contribution < 1.29 is 14.1 Å². The Labute approximate surface area is 171 Å². The average Bonchev–Trinajstić information content (AvgIpc) is 3.16. The molecule has 3 aromatic rings. The van der Waals surface area contributed by atoms with Crippen molar-refractivity contribution in [1.82, 2.24) is 0 Å². The average molecular weight is 408 g/mol. The lowest BCUT2D eigenvalue weighted by Gasteiger charge is -2.05. The molecule has 0 fully saturated rings. The normalized spacial score (nSPS) is 11.0. The summed E-state index contributed by atoms with van der Waals surface area (Å²) in [7, 11) is 0. The van der Waals surface area contributed by atoms with Gasteiger partial charge in [-0.2, -0.15) is 5.26 Å². The molecule has 0 radical (unpaired) electrons. The first-order chi connectivity index (χ1) is 13.9. The summed E-state index contributed by atoms with van der Waals surface area (Å²) in [5.74, 6) is 0.140. The Balaban J connectivity index is 1.84. The highest BCUT2D eigenvalue weighted by Crippen LogP contribution is 2.29. The van der Waals surface area contributed by atoms with Crippen molar-refractivity contribution in [3.8, 4) is 17.4 Å². The predicted octanol–water partition coefficient (Wildman–Crippen LogP) is 5.36. The summed E-state index contributed by atoms with van der Waals surface area (Å²) >= 11 is 6.02. The molecule has 8 heteroatoms. The van der Waals surface area contributed by atoms with Crippen molar-refractivity contribution in [1.29, 1.82) is 5.26 Å². The highest BCUT2D eigenvalue weighted by atomic mass is 35.5. The Morgan fingerprint density at radius 2 is 2.00 bits per heavy atom. The molecule has 29 heavy (non-hydrogen) atoms. The van der Waals surface area contributed by atoms with Crippen LogP contribution in [0.15, 0.2) is 64.6 Å². The van der Waals surface area contributed by atoms with Gasteiger partial charge in [0.05, 0.1) is 15.6 Å². The molecule has 144 valence electrons. The van der Waals surface area contributed by atoms with E-state index in [0.717, 1.165) is 0 Å². The number of nitro groups is 1. The molecular formula is C21H14ClN3O4. The maximum atomic E-state index is 12.4. The Morgan fingerprint density at radius 1 is 1.24 bits per heavy atom. The number of hydrogen-bond donors (Lipinski definition) is 1. The molecule has 1 amide bonds. The monoisotopic (exact) mass is 407 g/mol. The van der Waals surface area contributed by atoms with E-state index in [9.17, 15) is 20.2 Å². The molecular weight excluding hydrogens is 394 g/mol. The van der Waals surface area contributed by atoms with Crippen LogP contribution in [0.1, 0.15) is 11.3 Å². The summed E-state index contributed by atoms with van der Waals surface area (Å²) in [6.45, 7) is 1.73. The van der Waals surface area contributed by atoms with Gasteiger partial charge < -0.3 is 9.73 Å². The third-order valence-corrected chi connectivity index (χ3v) is 4.42. The molecule has 0 bridgehead atoms. The number of furan rings is 1. The van der Waals surface area contributed by atoms with Crippen LogP contribution in [0.4, 0.5) is 11.4 Å². The van der Waals surface area contributed by atoms with Gasteiger partial charge in [-0.3, -0.25) is 14.9 Å². The molecule has 0 saturated heterocycles. The zero-order valence-corrected chi connectivity index (χ0v) is 15.9. The molecule has 0 aliphatic rings. The number of carbonyl (C=O) groups excluding carboxylic acids is 1. The molecule has 2 aromatic carbocycles. The maximum Gasteiger partial charge on any atom is 0.269 e. The first-order valence-electron chi connectivity index (χ1n) is 8.42. The second kappa shape index (κ2) is 8.42. The zero-order chi connectivity index (χ0) is 21.0. The van der Waals surface area contributed by atoms with Crippen LogP contribution in [-0.2, 0) is 4.79 Å². The van der Waals surface area contributed by atoms with E-state index in [1.165, 1.54) is 18.2 Å².